The Hall–Kier alpha value is -2.07. The van der Waals surface area contributed by atoms with Gasteiger partial charge in [0.25, 0.3) is 0 Å². The lowest BCUT2D eigenvalue weighted by molar-refractivity contribution is -0.142. The summed E-state index contributed by atoms with van der Waals surface area (Å²) in [7, 11) is 1.74. The molecule has 1 aliphatic rings. The van der Waals surface area contributed by atoms with Crippen LogP contribution in [0.5, 0.6) is 0 Å². The zero-order chi connectivity index (χ0) is 13.5. The quantitative estimate of drug-likeness (QED) is 0.737. The fraction of sp³-hybridized carbons (Fsp3) is 0.545. The Kier molecular flexibility index (Phi) is 2.75. The minimum absolute atomic E-state index is 0.190. The van der Waals surface area contributed by atoms with Crippen molar-refractivity contribution in [2.45, 2.75) is 18.9 Å². The fourth-order valence-corrected chi connectivity index (χ4v) is 2.33. The van der Waals surface area contributed by atoms with Crippen molar-refractivity contribution in [3.8, 4) is 6.07 Å². The van der Waals surface area contributed by atoms with Gasteiger partial charge in [0, 0.05) is 20.1 Å². The molecule has 0 radical (unpaired) electrons. The lowest BCUT2D eigenvalue weighted by atomic mass is 10.0. The summed E-state index contributed by atoms with van der Waals surface area (Å²) in [5.41, 5.74) is 5.70. The monoisotopic (exact) mass is 249 g/mol. The number of anilines is 1. The largest absolute Gasteiger partial charge is 0.480 e. The number of hydrogen-bond donors (Lipinski definition) is 2. The van der Waals surface area contributed by atoms with Crippen LogP contribution in [0.1, 0.15) is 17.7 Å². The van der Waals surface area contributed by atoms with E-state index < -0.39 is 11.5 Å². The third kappa shape index (κ3) is 1.71. The maximum absolute atomic E-state index is 11.1. The predicted molar refractivity (Wildman–Crippen MR) is 64.0 cm³/mol. The van der Waals surface area contributed by atoms with Crippen LogP contribution in [0.4, 0.5) is 5.82 Å². The topological polar surface area (TPSA) is 108 Å². The van der Waals surface area contributed by atoms with Gasteiger partial charge < -0.3 is 15.7 Å². The third-order valence-electron chi connectivity index (χ3n) is 3.33. The third-order valence-corrected chi connectivity index (χ3v) is 3.33. The SMILES string of the molecule is Cc1nn(C)c(N2CCC(N)(C(=O)O)C2)c1C#N. The molecule has 7 heteroatoms. The summed E-state index contributed by atoms with van der Waals surface area (Å²) in [5.74, 6) is -0.369. The number of rotatable bonds is 2. The average molecular weight is 249 g/mol. The van der Waals surface area contributed by atoms with Crippen molar-refractivity contribution in [1.82, 2.24) is 9.78 Å². The molecule has 1 aromatic heterocycles. The van der Waals surface area contributed by atoms with Crippen LogP contribution in [0.2, 0.25) is 0 Å². The van der Waals surface area contributed by atoms with Gasteiger partial charge in [-0.25, -0.2) is 0 Å². The maximum Gasteiger partial charge on any atom is 0.325 e. The van der Waals surface area contributed by atoms with Crippen LogP contribution in [0, 0.1) is 18.3 Å². The molecule has 96 valence electrons. The van der Waals surface area contributed by atoms with Crippen molar-refractivity contribution >= 4 is 11.8 Å². The van der Waals surface area contributed by atoms with Gasteiger partial charge in [0.15, 0.2) is 0 Å². The molecule has 1 aromatic rings. The molecule has 1 aliphatic heterocycles. The van der Waals surface area contributed by atoms with E-state index >= 15 is 0 Å². The van der Waals surface area contributed by atoms with Crippen LogP contribution in [-0.2, 0) is 11.8 Å². The molecule has 18 heavy (non-hydrogen) atoms. The summed E-state index contributed by atoms with van der Waals surface area (Å²) in [6.45, 7) is 2.46. The molecular formula is C11H15N5O2. The minimum Gasteiger partial charge on any atom is -0.480 e. The fourth-order valence-electron chi connectivity index (χ4n) is 2.33. The summed E-state index contributed by atoms with van der Waals surface area (Å²) >= 11 is 0. The van der Waals surface area contributed by atoms with Gasteiger partial charge >= 0.3 is 5.97 Å². The Morgan fingerprint density at radius 3 is 2.83 bits per heavy atom. The van der Waals surface area contributed by atoms with E-state index in [1.165, 1.54) is 0 Å². The molecule has 2 heterocycles. The highest BCUT2D eigenvalue weighted by Gasteiger charge is 2.42. The normalized spacial score (nSPS) is 23.1. The van der Waals surface area contributed by atoms with Crippen LogP contribution in [0.15, 0.2) is 0 Å². The van der Waals surface area contributed by atoms with Gasteiger partial charge in [0.1, 0.15) is 23.0 Å². The Bertz CT molecular complexity index is 544. The molecule has 3 N–H and O–H groups in total. The second-order valence-corrected chi connectivity index (χ2v) is 4.65. The molecule has 7 nitrogen and oxygen atoms in total. The van der Waals surface area contributed by atoms with Gasteiger partial charge in [0.05, 0.1) is 5.69 Å². The predicted octanol–water partition coefficient (Wildman–Crippen LogP) is -0.408. The number of hydrogen-bond acceptors (Lipinski definition) is 5. The van der Waals surface area contributed by atoms with Crippen molar-refractivity contribution in [1.29, 1.82) is 5.26 Å². The average Bonchev–Trinajstić information content (AvgIpc) is 2.80. The molecule has 0 amide bonds. The molecule has 2 rings (SSSR count). The first-order valence-electron chi connectivity index (χ1n) is 5.60. The lowest BCUT2D eigenvalue weighted by Crippen LogP contribution is -2.50. The summed E-state index contributed by atoms with van der Waals surface area (Å²) in [5, 5.41) is 22.4. The Balaban J connectivity index is 2.36. The van der Waals surface area contributed by atoms with Crippen LogP contribution in [-0.4, -0.2) is 39.5 Å². The van der Waals surface area contributed by atoms with E-state index in [4.69, 9.17) is 16.1 Å². The maximum atomic E-state index is 11.1. The number of carbonyl (C=O) groups is 1. The molecular weight excluding hydrogens is 234 g/mol. The molecule has 1 unspecified atom stereocenters. The van der Waals surface area contributed by atoms with Gasteiger partial charge in [-0.15, -0.1) is 0 Å². The second-order valence-electron chi connectivity index (χ2n) is 4.65. The van der Waals surface area contributed by atoms with Gasteiger partial charge in [-0.3, -0.25) is 9.48 Å². The van der Waals surface area contributed by atoms with Gasteiger partial charge in [0.2, 0.25) is 0 Å². The molecule has 0 spiro atoms. The second kappa shape index (κ2) is 3.99. The molecule has 1 saturated heterocycles. The first kappa shape index (κ1) is 12.4. The Labute approximate surface area is 104 Å². The highest BCUT2D eigenvalue weighted by molar-refractivity contribution is 5.80. The number of carboxylic acid groups (broad SMARTS) is 1. The standard InChI is InChI=1S/C11H15N5O2/c1-7-8(5-12)9(15(2)14-7)16-4-3-11(13,6-16)10(17)18/h3-4,6,13H2,1-2H3,(H,17,18). The summed E-state index contributed by atoms with van der Waals surface area (Å²) in [6.07, 6.45) is 0.359. The number of nitriles is 1. The Morgan fingerprint density at radius 2 is 2.33 bits per heavy atom. The van der Waals surface area contributed by atoms with Crippen molar-refractivity contribution < 1.29 is 9.90 Å². The number of aryl methyl sites for hydroxylation is 2. The van der Waals surface area contributed by atoms with Crippen molar-refractivity contribution in [2.24, 2.45) is 12.8 Å². The van der Waals surface area contributed by atoms with Crippen molar-refractivity contribution in [2.75, 3.05) is 18.0 Å². The van der Waals surface area contributed by atoms with E-state index in [1.54, 1.807) is 18.7 Å². The zero-order valence-corrected chi connectivity index (χ0v) is 10.3. The van der Waals surface area contributed by atoms with Crippen LogP contribution >= 0.6 is 0 Å². The molecule has 1 atom stereocenters. The molecule has 0 saturated carbocycles. The smallest absolute Gasteiger partial charge is 0.325 e. The highest BCUT2D eigenvalue weighted by atomic mass is 16.4. The van der Waals surface area contributed by atoms with E-state index in [9.17, 15) is 4.79 Å². The van der Waals surface area contributed by atoms with Gasteiger partial charge in [-0.1, -0.05) is 0 Å². The lowest BCUT2D eigenvalue weighted by Gasteiger charge is -2.21. The molecule has 0 aliphatic carbocycles. The first-order chi connectivity index (χ1) is 8.39. The van der Waals surface area contributed by atoms with Gasteiger partial charge in [-0.05, 0) is 13.3 Å². The number of carboxylic acids is 1. The highest BCUT2D eigenvalue weighted by Crippen LogP contribution is 2.29. The van der Waals surface area contributed by atoms with E-state index in [-0.39, 0.29) is 6.54 Å². The molecule has 1 fully saturated rings. The number of nitrogens with two attached hydrogens (primary N) is 1. The zero-order valence-electron chi connectivity index (χ0n) is 10.3. The van der Waals surface area contributed by atoms with Crippen LogP contribution < -0.4 is 10.6 Å². The molecule has 0 aromatic carbocycles. The van der Waals surface area contributed by atoms with E-state index in [0.717, 1.165) is 0 Å². The summed E-state index contributed by atoms with van der Waals surface area (Å²) in [4.78, 5) is 12.9. The first-order valence-corrected chi connectivity index (χ1v) is 5.60. The van der Waals surface area contributed by atoms with Crippen molar-refractivity contribution in [3.63, 3.8) is 0 Å². The molecule has 0 bridgehead atoms. The number of nitrogens with zero attached hydrogens (tertiary/aromatic N) is 4. The van der Waals surface area contributed by atoms with Crippen LogP contribution in [0.3, 0.4) is 0 Å². The van der Waals surface area contributed by atoms with E-state index in [1.807, 2.05) is 4.90 Å². The summed E-state index contributed by atoms with van der Waals surface area (Å²) in [6, 6.07) is 2.10. The number of aromatic nitrogens is 2. The van der Waals surface area contributed by atoms with E-state index in [2.05, 4.69) is 11.2 Å². The Morgan fingerprint density at radius 1 is 1.67 bits per heavy atom. The van der Waals surface area contributed by atoms with E-state index in [0.29, 0.717) is 30.0 Å². The number of aliphatic carboxylic acids is 1. The minimum atomic E-state index is -1.25. The van der Waals surface area contributed by atoms with Crippen LogP contribution in [0.25, 0.3) is 0 Å². The summed E-state index contributed by atoms with van der Waals surface area (Å²) < 4.78 is 1.60. The van der Waals surface area contributed by atoms with Gasteiger partial charge in [-0.2, -0.15) is 10.4 Å². The van der Waals surface area contributed by atoms with Crippen molar-refractivity contribution in [3.05, 3.63) is 11.3 Å².